The topological polar surface area (TPSA) is 72.9 Å². The first kappa shape index (κ1) is 27.5. The van der Waals surface area contributed by atoms with Crippen LogP contribution in [0.5, 0.6) is 5.75 Å². The van der Waals surface area contributed by atoms with Gasteiger partial charge in [-0.25, -0.2) is 0 Å². The lowest BCUT2D eigenvalue weighted by molar-refractivity contribution is -0.674. The Hall–Kier alpha value is -3.71. The number of nitrogens with zero attached hydrogens (tertiary/aromatic N) is 3. The number of hydrogen-bond acceptors (Lipinski definition) is 6. The van der Waals surface area contributed by atoms with Crippen LogP contribution in [0.1, 0.15) is 59.3 Å². The number of oxazole rings is 1. The Morgan fingerprint density at radius 2 is 2.00 bits per heavy atom. The van der Waals surface area contributed by atoms with Crippen LogP contribution in [0.2, 0.25) is 5.02 Å². The number of ether oxygens (including phenoxy) is 1. The van der Waals surface area contributed by atoms with Crippen LogP contribution in [-0.2, 0) is 11.3 Å². The molecular weight excluding hydrogens is 538 g/mol. The molecule has 1 saturated heterocycles. The van der Waals surface area contributed by atoms with E-state index < -0.39 is 12.0 Å². The van der Waals surface area contributed by atoms with Gasteiger partial charge in [0.2, 0.25) is 11.5 Å². The molecule has 3 aliphatic rings. The zero-order chi connectivity index (χ0) is 28.9. The van der Waals surface area contributed by atoms with E-state index in [-0.39, 0.29) is 5.41 Å². The molecule has 1 atom stereocenters. The number of rotatable bonds is 6. The van der Waals surface area contributed by atoms with Crippen molar-refractivity contribution in [3.05, 3.63) is 76.5 Å². The van der Waals surface area contributed by atoms with Crippen molar-refractivity contribution in [3.8, 4) is 5.75 Å². The summed E-state index contributed by atoms with van der Waals surface area (Å²) in [6, 6.07) is 11.1. The number of aromatic nitrogens is 1. The number of carbonyl (C=O) groups is 1. The van der Waals surface area contributed by atoms with Gasteiger partial charge in [0.05, 0.1) is 23.8 Å². The van der Waals surface area contributed by atoms with Crippen LogP contribution in [0.4, 0.5) is 11.4 Å². The Labute approximate surface area is 245 Å². The SMILES string of the molecule is CCN1/C(=C/C2=CC(=C/c3oc4ccc(N5CCCC5C(=O)[O-])cc4[n+]3CC)/CC(C)(C)C2)Oc2ccc(Cl)cc21. The molecule has 1 aliphatic carbocycles. The minimum absolute atomic E-state index is 0.0602. The van der Waals surface area contributed by atoms with Gasteiger partial charge in [0.15, 0.2) is 5.75 Å². The number of carboxylic acids is 1. The molecule has 6 rings (SSSR count). The fourth-order valence-corrected chi connectivity index (χ4v) is 6.71. The van der Waals surface area contributed by atoms with Crippen LogP contribution in [0.3, 0.4) is 0 Å². The highest BCUT2D eigenvalue weighted by Gasteiger charge is 2.31. The molecule has 214 valence electrons. The van der Waals surface area contributed by atoms with E-state index in [2.05, 4.69) is 55.4 Å². The van der Waals surface area contributed by atoms with E-state index in [1.165, 1.54) is 11.1 Å². The van der Waals surface area contributed by atoms with Crippen molar-refractivity contribution in [1.29, 1.82) is 0 Å². The largest absolute Gasteiger partial charge is 0.548 e. The summed E-state index contributed by atoms with van der Waals surface area (Å²) < 4.78 is 14.8. The molecule has 7 nitrogen and oxygen atoms in total. The summed E-state index contributed by atoms with van der Waals surface area (Å²) in [6.45, 7) is 11.0. The Bertz CT molecular complexity index is 1620. The van der Waals surface area contributed by atoms with Gasteiger partial charge in [0.1, 0.15) is 6.54 Å². The maximum Gasteiger partial charge on any atom is 0.374 e. The minimum Gasteiger partial charge on any atom is -0.548 e. The lowest BCUT2D eigenvalue weighted by Crippen LogP contribution is -2.44. The third-order valence-electron chi connectivity index (χ3n) is 8.25. The number of allylic oxidation sites excluding steroid dienone is 4. The van der Waals surface area contributed by atoms with E-state index in [1.807, 2.05) is 41.3 Å². The van der Waals surface area contributed by atoms with Crippen LogP contribution in [0.15, 0.2) is 70.0 Å². The highest BCUT2D eigenvalue weighted by atomic mass is 35.5. The monoisotopic (exact) mass is 573 g/mol. The fourth-order valence-electron chi connectivity index (χ4n) is 6.54. The molecule has 0 saturated carbocycles. The van der Waals surface area contributed by atoms with Crippen molar-refractivity contribution in [2.24, 2.45) is 5.41 Å². The molecule has 1 aromatic heterocycles. The first-order valence-corrected chi connectivity index (χ1v) is 14.9. The van der Waals surface area contributed by atoms with E-state index >= 15 is 0 Å². The number of halogens is 1. The number of benzene rings is 2. The van der Waals surface area contributed by atoms with Gasteiger partial charge in [-0.15, -0.1) is 0 Å². The second kappa shape index (κ2) is 10.6. The average molecular weight is 574 g/mol. The van der Waals surface area contributed by atoms with Crippen LogP contribution >= 0.6 is 11.6 Å². The molecule has 2 aromatic carbocycles. The van der Waals surface area contributed by atoms with Gasteiger partial charge in [-0.05, 0) is 86.4 Å². The molecule has 3 aromatic rings. The molecule has 8 heteroatoms. The van der Waals surface area contributed by atoms with Gasteiger partial charge in [-0.2, -0.15) is 4.57 Å². The highest BCUT2D eigenvalue weighted by molar-refractivity contribution is 6.31. The van der Waals surface area contributed by atoms with Gasteiger partial charge < -0.3 is 28.9 Å². The summed E-state index contributed by atoms with van der Waals surface area (Å²) in [7, 11) is 0. The molecular formula is C33H36ClN3O4. The molecule has 0 radical (unpaired) electrons. The van der Waals surface area contributed by atoms with Crippen molar-refractivity contribution in [1.82, 2.24) is 0 Å². The number of hydrogen-bond donors (Lipinski definition) is 0. The first-order valence-electron chi connectivity index (χ1n) is 14.5. The van der Waals surface area contributed by atoms with Gasteiger partial charge in [0, 0.05) is 35.9 Å². The highest BCUT2D eigenvalue weighted by Crippen LogP contribution is 2.43. The maximum atomic E-state index is 11.7. The average Bonchev–Trinajstić information content (AvgIpc) is 3.62. The standard InChI is InChI=1S/C33H36ClN3O4/c1-5-35-26-17-23(34)9-11-28(26)40-30(35)15-21-14-22(20-33(3,4)19-21)16-31-36(6-2)27-18-24(10-12-29(27)41-31)37-13-7-8-25(37)32(38)39/h9-12,14-18,25H,5-8,13,19-20H2,1-4H3. The lowest BCUT2D eigenvalue weighted by atomic mass is 9.75. The summed E-state index contributed by atoms with van der Waals surface area (Å²) in [4.78, 5) is 15.8. The van der Waals surface area contributed by atoms with E-state index in [0.717, 1.165) is 72.3 Å². The third-order valence-corrected chi connectivity index (χ3v) is 8.48. The summed E-state index contributed by atoms with van der Waals surface area (Å²) in [5.74, 6) is 1.39. The maximum absolute atomic E-state index is 11.7. The van der Waals surface area contributed by atoms with Crippen LogP contribution in [-0.4, -0.2) is 25.1 Å². The second-order valence-corrected chi connectivity index (χ2v) is 12.3. The predicted molar refractivity (Wildman–Crippen MR) is 160 cm³/mol. The Kier molecular flexibility index (Phi) is 7.10. The van der Waals surface area contributed by atoms with Crippen molar-refractivity contribution >= 4 is 46.1 Å². The predicted octanol–water partition coefficient (Wildman–Crippen LogP) is 6.00. The number of carbonyl (C=O) groups excluding carboxylic acids is 1. The molecule has 41 heavy (non-hydrogen) atoms. The van der Waals surface area contributed by atoms with Gasteiger partial charge >= 0.3 is 5.89 Å². The Morgan fingerprint density at radius 3 is 2.76 bits per heavy atom. The quantitative estimate of drug-likeness (QED) is 0.337. The summed E-state index contributed by atoms with van der Waals surface area (Å²) >= 11 is 6.27. The molecule has 0 spiro atoms. The second-order valence-electron chi connectivity index (χ2n) is 11.9. The third kappa shape index (κ3) is 5.23. The summed E-state index contributed by atoms with van der Waals surface area (Å²) in [5, 5.41) is 12.4. The van der Waals surface area contributed by atoms with E-state index in [9.17, 15) is 9.90 Å². The number of fused-ring (bicyclic) bond motifs is 2. The van der Waals surface area contributed by atoms with Crippen LogP contribution in [0, 0.1) is 5.41 Å². The molecule has 3 heterocycles. The zero-order valence-corrected chi connectivity index (χ0v) is 24.8. The Morgan fingerprint density at radius 1 is 1.17 bits per heavy atom. The normalized spacial score (nSPS) is 22.0. The lowest BCUT2D eigenvalue weighted by Gasteiger charge is -2.30. The number of aryl methyl sites for hydroxylation is 1. The zero-order valence-electron chi connectivity index (χ0n) is 24.1. The van der Waals surface area contributed by atoms with Gasteiger partial charge in [-0.1, -0.05) is 31.5 Å². The molecule has 0 N–H and O–H groups in total. The van der Waals surface area contributed by atoms with Crippen LogP contribution in [0.25, 0.3) is 17.2 Å². The summed E-state index contributed by atoms with van der Waals surface area (Å²) in [5.41, 5.74) is 6.06. The van der Waals surface area contributed by atoms with E-state index in [4.69, 9.17) is 20.8 Å². The van der Waals surface area contributed by atoms with Gasteiger partial charge in [0.25, 0.3) is 5.52 Å². The molecule has 0 bridgehead atoms. The van der Waals surface area contributed by atoms with E-state index in [0.29, 0.717) is 18.0 Å². The molecule has 1 unspecified atom stereocenters. The molecule has 1 fully saturated rings. The summed E-state index contributed by atoms with van der Waals surface area (Å²) in [6.07, 6.45) is 9.84. The molecule has 0 amide bonds. The van der Waals surface area contributed by atoms with E-state index in [1.54, 1.807) is 0 Å². The smallest absolute Gasteiger partial charge is 0.374 e. The Balaban J connectivity index is 1.35. The first-order chi connectivity index (χ1) is 19.7. The molecule has 2 aliphatic heterocycles. The van der Waals surface area contributed by atoms with Crippen molar-refractivity contribution in [3.63, 3.8) is 0 Å². The minimum atomic E-state index is -1.02. The van der Waals surface area contributed by atoms with Crippen molar-refractivity contribution < 1.29 is 23.6 Å². The number of aliphatic carboxylic acids is 1. The number of carboxylic acid groups (broad SMARTS) is 1. The van der Waals surface area contributed by atoms with Crippen molar-refractivity contribution in [2.45, 2.75) is 66.0 Å². The number of anilines is 2. The van der Waals surface area contributed by atoms with Gasteiger partial charge in [-0.3, -0.25) is 0 Å². The van der Waals surface area contributed by atoms with Crippen LogP contribution < -0.4 is 24.2 Å². The van der Waals surface area contributed by atoms with Crippen molar-refractivity contribution in [2.75, 3.05) is 22.9 Å². The fraction of sp³-hybridized carbons (Fsp3) is 0.394.